The van der Waals surface area contributed by atoms with Gasteiger partial charge < -0.3 is 11.1 Å². The van der Waals surface area contributed by atoms with Crippen molar-refractivity contribution in [1.29, 1.82) is 0 Å². The number of nitrogens with zero attached hydrogens (tertiary/aromatic N) is 1. The molecule has 2 rings (SSSR count). The molecule has 1 unspecified atom stereocenters. The highest BCUT2D eigenvalue weighted by Crippen LogP contribution is 2.32. The molecule has 1 aliphatic carbocycles. The van der Waals surface area contributed by atoms with Gasteiger partial charge in [-0.15, -0.1) is 36.2 Å². The van der Waals surface area contributed by atoms with E-state index in [4.69, 9.17) is 5.73 Å². The Morgan fingerprint density at radius 1 is 1.53 bits per heavy atom. The summed E-state index contributed by atoms with van der Waals surface area (Å²) in [7, 11) is 0. The molecule has 0 bridgehead atoms. The molecular weight excluding hydrogens is 305 g/mol. The maximum atomic E-state index is 12.0. The van der Waals surface area contributed by atoms with Crippen molar-refractivity contribution in [3.05, 3.63) is 16.1 Å². The van der Waals surface area contributed by atoms with Crippen LogP contribution in [0, 0.1) is 5.92 Å². The summed E-state index contributed by atoms with van der Waals surface area (Å²) in [5, 5.41) is 5.81. The molecule has 7 heteroatoms. The van der Waals surface area contributed by atoms with Crippen LogP contribution in [0.15, 0.2) is 5.38 Å². The van der Waals surface area contributed by atoms with Crippen molar-refractivity contribution >= 4 is 42.1 Å². The third-order valence-corrected chi connectivity index (χ3v) is 4.16. The minimum Gasteiger partial charge on any atom is -0.346 e. The lowest BCUT2D eigenvalue weighted by Crippen LogP contribution is -2.41. The summed E-state index contributed by atoms with van der Waals surface area (Å²) >= 11 is 1.54. The van der Waals surface area contributed by atoms with E-state index >= 15 is 0 Å². The number of aromatic nitrogens is 1. The molecule has 1 atom stereocenters. The summed E-state index contributed by atoms with van der Waals surface area (Å²) in [6.07, 6.45) is 2.35. The van der Waals surface area contributed by atoms with Gasteiger partial charge >= 0.3 is 0 Å². The van der Waals surface area contributed by atoms with E-state index in [9.17, 15) is 4.79 Å². The number of thiazole rings is 1. The van der Waals surface area contributed by atoms with Gasteiger partial charge in [0.05, 0.1) is 5.01 Å². The van der Waals surface area contributed by atoms with Gasteiger partial charge in [0.15, 0.2) is 0 Å². The molecule has 0 radical (unpaired) electrons. The summed E-state index contributed by atoms with van der Waals surface area (Å²) in [5.74, 6) is 0.859. The number of carbonyl (C=O) groups is 1. The maximum Gasteiger partial charge on any atom is 0.271 e. The quantitative estimate of drug-likeness (QED) is 0.874. The molecular formula is C12H21Cl2N3OS. The number of halogens is 2. The second-order valence-corrected chi connectivity index (χ2v) is 5.77. The second kappa shape index (κ2) is 8.04. The minimum absolute atomic E-state index is 0. The molecule has 4 nitrogen and oxygen atoms in total. The zero-order chi connectivity index (χ0) is 12.4. The SMILES string of the molecule is CC(C)c1nc(C(=O)NC(CN)C2CC2)cs1.Cl.Cl. The minimum atomic E-state index is -0.0875. The lowest BCUT2D eigenvalue weighted by Gasteiger charge is -2.14. The molecule has 1 aromatic heterocycles. The number of nitrogens with two attached hydrogens (primary N) is 1. The van der Waals surface area contributed by atoms with Crippen molar-refractivity contribution < 1.29 is 4.79 Å². The lowest BCUT2D eigenvalue weighted by atomic mass is 10.2. The van der Waals surface area contributed by atoms with Gasteiger partial charge in [0, 0.05) is 23.9 Å². The first-order valence-electron chi connectivity index (χ1n) is 6.08. The van der Waals surface area contributed by atoms with Gasteiger partial charge in [-0.05, 0) is 18.8 Å². The normalized spacial score (nSPS) is 15.4. The number of rotatable bonds is 5. The fourth-order valence-corrected chi connectivity index (χ4v) is 2.58. The molecule has 1 aromatic rings. The summed E-state index contributed by atoms with van der Waals surface area (Å²) in [4.78, 5) is 16.3. The number of nitrogens with one attached hydrogen (secondary N) is 1. The molecule has 1 aliphatic rings. The van der Waals surface area contributed by atoms with Gasteiger partial charge in [-0.25, -0.2) is 4.98 Å². The Morgan fingerprint density at radius 3 is 2.58 bits per heavy atom. The molecule has 0 aliphatic heterocycles. The summed E-state index contributed by atoms with van der Waals surface area (Å²) in [6, 6.07) is 0.117. The van der Waals surface area contributed by atoms with Crippen LogP contribution in [0.1, 0.15) is 48.1 Å². The Bertz CT molecular complexity index is 407. The molecule has 0 spiro atoms. The van der Waals surface area contributed by atoms with Gasteiger partial charge in [0.1, 0.15) is 5.69 Å². The van der Waals surface area contributed by atoms with E-state index < -0.39 is 0 Å². The van der Waals surface area contributed by atoms with E-state index in [0.717, 1.165) is 5.01 Å². The van der Waals surface area contributed by atoms with Crippen LogP contribution in [0.2, 0.25) is 0 Å². The molecule has 0 aromatic carbocycles. The predicted octanol–water partition coefficient (Wildman–Crippen LogP) is 2.58. The third kappa shape index (κ3) is 4.91. The van der Waals surface area contributed by atoms with Crippen LogP contribution < -0.4 is 11.1 Å². The largest absolute Gasteiger partial charge is 0.346 e. The van der Waals surface area contributed by atoms with Crippen LogP contribution in [-0.2, 0) is 0 Å². The van der Waals surface area contributed by atoms with Gasteiger partial charge in [-0.3, -0.25) is 4.79 Å². The second-order valence-electron chi connectivity index (χ2n) is 4.88. The number of amides is 1. The lowest BCUT2D eigenvalue weighted by molar-refractivity contribution is 0.0929. The highest BCUT2D eigenvalue weighted by molar-refractivity contribution is 7.09. The van der Waals surface area contributed by atoms with Gasteiger partial charge in [0.2, 0.25) is 0 Å². The number of hydrogen-bond donors (Lipinski definition) is 2. The average Bonchev–Trinajstić information content (AvgIpc) is 3.01. The van der Waals surface area contributed by atoms with E-state index in [1.807, 2.05) is 5.38 Å². The Morgan fingerprint density at radius 2 is 2.16 bits per heavy atom. The molecule has 1 fully saturated rings. The molecule has 110 valence electrons. The Labute approximate surface area is 130 Å². The maximum absolute atomic E-state index is 12.0. The van der Waals surface area contributed by atoms with Crippen molar-refractivity contribution in [3.8, 4) is 0 Å². The van der Waals surface area contributed by atoms with Crippen LogP contribution in [0.5, 0.6) is 0 Å². The van der Waals surface area contributed by atoms with E-state index in [1.165, 1.54) is 12.8 Å². The van der Waals surface area contributed by atoms with Crippen LogP contribution in [0.3, 0.4) is 0 Å². The molecule has 0 saturated heterocycles. The van der Waals surface area contributed by atoms with Crippen molar-refractivity contribution in [2.24, 2.45) is 11.7 Å². The predicted molar refractivity (Wildman–Crippen MR) is 83.7 cm³/mol. The van der Waals surface area contributed by atoms with Crippen LogP contribution >= 0.6 is 36.2 Å². The van der Waals surface area contributed by atoms with E-state index in [1.54, 1.807) is 11.3 Å². The fraction of sp³-hybridized carbons (Fsp3) is 0.667. The van der Waals surface area contributed by atoms with Crippen LogP contribution in [0.25, 0.3) is 0 Å². The number of hydrogen-bond acceptors (Lipinski definition) is 4. The van der Waals surface area contributed by atoms with Gasteiger partial charge in [-0.2, -0.15) is 0 Å². The van der Waals surface area contributed by atoms with Crippen molar-refractivity contribution in [3.63, 3.8) is 0 Å². The van der Waals surface area contributed by atoms with Crippen molar-refractivity contribution in [2.45, 2.75) is 38.6 Å². The first kappa shape index (κ1) is 18.6. The summed E-state index contributed by atoms with van der Waals surface area (Å²) in [5.41, 5.74) is 6.19. The molecule has 3 N–H and O–H groups in total. The smallest absolute Gasteiger partial charge is 0.271 e. The summed E-state index contributed by atoms with van der Waals surface area (Å²) in [6.45, 7) is 4.67. The molecule has 1 saturated carbocycles. The molecule has 1 amide bonds. The Hall–Kier alpha value is -0.360. The average molecular weight is 326 g/mol. The molecule has 1 heterocycles. The standard InChI is InChI=1S/C12H19N3OS.2ClH/c1-7(2)12-15-10(6-17-12)11(16)14-9(5-13)8-3-4-8;;/h6-9H,3-5,13H2,1-2H3,(H,14,16);2*1H. The first-order valence-corrected chi connectivity index (χ1v) is 6.96. The third-order valence-electron chi connectivity index (χ3n) is 3.01. The van der Waals surface area contributed by atoms with E-state index in [-0.39, 0.29) is 36.8 Å². The topological polar surface area (TPSA) is 68.0 Å². The molecule has 19 heavy (non-hydrogen) atoms. The highest BCUT2D eigenvalue weighted by atomic mass is 35.5. The van der Waals surface area contributed by atoms with Gasteiger partial charge in [0.25, 0.3) is 5.91 Å². The van der Waals surface area contributed by atoms with Crippen LogP contribution in [-0.4, -0.2) is 23.5 Å². The van der Waals surface area contributed by atoms with E-state index in [2.05, 4.69) is 24.1 Å². The Kier molecular flexibility index (Phi) is 7.89. The van der Waals surface area contributed by atoms with Crippen LogP contribution in [0.4, 0.5) is 0 Å². The zero-order valence-electron chi connectivity index (χ0n) is 11.1. The Balaban J connectivity index is 0.00000162. The first-order chi connectivity index (χ1) is 8.11. The fourth-order valence-electron chi connectivity index (χ4n) is 1.77. The summed E-state index contributed by atoms with van der Waals surface area (Å²) < 4.78 is 0. The van der Waals surface area contributed by atoms with Crippen molar-refractivity contribution in [2.75, 3.05) is 6.54 Å². The zero-order valence-corrected chi connectivity index (χ0v) is 13.5. The van der Waals surface area contributed by atoms with Crippen molar-refractivity contribution in [1.82, 2.24) is 10.3 Å². The number of carbonyl (C=O) groups excluding carboxylic acids is 1. The van der Waals surface area contributed by atoms with Gasteiger partial charge in [-0.1, -0.05) is 13.8 Å². The highest BCUT2D eigenvalue weighted by Gasteiger charge is 2.31. The monoisotopic (exact) mass is 325 g/mol. The van der Waals surface area contributed by atoms with E-state index in [0.29, 0.717) is 24.1 Å².